The summed E-state index contributed by atoms with van der Waals surface area (Å²) in [6.07, 6.45) is 0.555. The van der Waals surface area contributed by atoms with Crippen molar-refractivity contribution in [1.29, 1.82) is 0 Å². The van der Waals surface area contributed by atoms with E-state index in [0.717, 1.165) is 5.56 Å². The SMILES string of the molecule is COc1ccc(CCNC(=O)C(C)N)cc1F.Cl. The molecule has 0 aliphatic heterocycles. The van der Waals surface area contributed by atoms with E-state index in [1.54, 1.807) is 19.1 Å². The molecule has 6 heteroatoms. The predicted molar refractivity (Wildman–Crippen MR) is 70.6 cm³/mol. The summed E-state index contributed by atoms with van der Waals surface area (Å²) >= 11 is 0. The lowest BCUT2D eigenvalue weighted by Crippen LogP contribution is -2.39. The van der Waals surface area contributed by atoms with E-state index < -0.39 is 11.9 Å². The fourth-order valence-corrected chi connectivity index (χ4v) is 1.36. The van der Waals surface area contributed by atoms with Gasteiger partial charge in [-0.05, 0) is 31.0 Å². The standard InChI is InChI=1S/C12H17FN2O2.ClH/c1-8(14)12(16)15-6-5-9-3-4-11(17-2)10(13)7-9;/h3-4,7-8H,5-6,14H2,1-2H3,(H,15,16);1H. The summed E-state index contributed by atoms with van der Waals surface area (Å²) in [5, 5.41) is 2.66. The molecule has 0 aromatic heterocycles. The van der Waals surface area contributed by atoms with Gasteiger partial charge in [0.15, 0.2) is 11.6 Å². The fraction of sp³-hybridized carbons (Fsp3) is 0.417. The van der Waals surface area contributed by atoms with E-state index in [4.69, 9.17) is 10.5 Å². The molecule has 1 amide bonds. The number of nitrogens with one attached hydrogen (secondary N) is 1. The average Bonchev–Trinajstić information content (AvgIpc) is 2.29. The highest BCUT2D eigenvalue weighted by molar-refractivity contribution is 5.85. The van der Waals surface area contributed by atoms with Crippen LogP contribution in [0.3, 0.4) is 0 Å². The third-order valence-electron chi connectivity index (χ3n) is 2.34. The van der Waals surface area contributed by atoms with E-state index in [1.807, 2.05) is 0 Å². The summed E-state index contributed by atoms with van der Waals surface area (Å²) < 4.78 is 18.1. The molecule has 1 aromatic carbocycles. The summed E-state index contributed by atoms with van der Waals surface area (Å²) in [6.45, 7) is 2.05. The Bertz CT molecular complexity index is 400. The minimum absolute atomic E-state index is 0. The summed E-state index contributed by atoms with van der Waals surface area (Å²) in [5.41, 5.74) is 6.19. The van der Waals surface area contributed by atoms with Crippen LogP contribution >= 0.6 is 12.4 Å². The highest BCUT2D eigenvalue weighted by Crippen LogP contribution is 2.17. The monoisotopic (exact) mass is 276 g/mol. The van der Waals surface area contributed by atoms with Crippen molar-refractivity contribution in [2.45, 2.75) is 19.4 Å². The molecule has 0 fully saturated rings. The molecule has 4 nitrogen and oxygen atoms in total. The maximum atomic E-state index is 13.3. The minimum atomic E-state index is -0.525. The average molecular weight is 277 g/mol. The first-order valence-electron chi connectivity index (χ1n) is 5.40. The molecule has 1 unspecified atom stereocenters. The molecular formula is C12H18ClFN2O2. The van der Waals surface area contributed by atoms with Crippen LogP contribution in [0.5, 0.6) is 5.75 Å². The van der Waals surface area contributed by atoms with Crippen molar-refractivity contribution < 1.29 is 13.9 Å². The number of carbonyl (C=O) groups excluding carboxylic acids is 1. The van der Waals surface area contributed by atoms with Gasteiger partial charge in [0.2, 0.25) is 5.91 Å². The molecule has 1 atom stereocenters. The number of halogens is 2. The Labute approximate surface area is 112 Å². The Morgan fingerprint density at radius 2 is 2.22 bits per heavy atom. The predicted octanol–water partition coefficient (Wildman–Crippen LogP) is 1.26. The van der Waals surface area contributed by atoms with Crippen LogP contribution in [0.15, 0.2) is 18.2 Å². The molecule has 18 heavy (non-hydrogen) atoms. The maximum absolute atomic E-state index is 13.3. The van der Waals surface area contributed by atoms with Gasteiger partial charge in [-0.1, -0.05) is 6.07 Å². The summed E-state index contributed by atoms with van der Waals surface area (Å²) in [7, 11) is 1.42. The van der Waals surface area contributed by atoms with Crippen LogP contribution in [0.25, 0.3) is 0 Å². The van der Waals surface area contributed by atoms with Gasteiger partial charge in [0.05, 0.1) is 13.2 Å². The van der Waals surface area contributed by atoms with Crippen LogP contribution in [0.2, 0.25) is 0 Å². The second kappa shape index (κ2) is 7.89. The number of carbonyl (C=O) groups is 1. The van der Waals surface area contributed by atoms with Crippen molar-refractivity contribution in [2.75, 3.05) is 13.7 Å². The first-order valence-corrected chi connectivity index (χ1v) is 5.40. The molecule has 0 aliphatic rings. The van der Waals surface area contributed by atoms with Gasteiger partial charge in [0, 0.05) is 6.54 Å². The third-order valence-corrected chi connectivity index (χ3v) is 2.34. The van der Waals surface area contributed by atoms with Gasteiger partial charge in [-0.15, -0.1) is 12.4 Å². The Morgan fingerprint density at radius 1 is 1.56 bits per heavy atom. The van der Waals surface area contributed by atoms with Gasteiger partial charge in [0.25, 0.3) is 0 Å². The molecule has 0 radical (unpaired) electrons. The third kappa shape index (κ3) is 4.89. The Balaban J connectivity index is 0.00000289. The Morgan fingerprint density at radius 3 is 2.72 bits per heavy atom. The molecule has 1 aromatic rings. The number of nitrogens with two attached hydrogens (primary N) is 1. The van der Waals surface area contributed by atoms with Crippen molar-refractivity contribution in [1.82, 2.24) is 5.32 Å². The molecule has 0 saturated heterocycles. The van der Waals surface area contributed by atoms with E-state index in [9.17, 15) is 9.18 Å². The quantitative estimate of drug-likeness (QED) is 0.851. The molecule has 1 rings (SSSR count). The van der Waals surface area contributed by atoms with E-state index in [1.165, 1.54) is 13.2 Å². The van der Waals surface area contributed by atoms with Gasteiger partial charge in [-0.25, -0.2) is 4.39 Å². The zero-order chi connectivity index (χ0) is 12.8. The van der Waals surface area contributed by atoms with Gasteiger partial charge in [-0.3, -0.25) is 4.79 Å². The van der Waals surface area contributed by atoms with Crippen molar-refractivity contribution in [3.8, 4) is 5.75 Å². The van der Waals surface area contributed by atoms with Crippen LogP contribution in [0.4, 0.5) is 4.39 Å². The molecule has 0 aliphatic carbocycles. The summed E-state index contributed by atoms with van der Waals surface area (Å²) in [6, 6.07) is 4.21. The minimum Gasteiger partial charge on any atom is -0.494 e. The van der Waals surface area contributed by atoms with Gasteiger partial charge in [0.1, 0.15) is 0 Å². The molecule has 0 heterocycles. The van der Waals surface area contributed by atoms with E-state index >= 15 is 0 Å². The van der Waals surface area contributed by atoms with E-state index in [0.29, 0.717) is 13.0 Å². The largest absolute Gasteiger partial charge is 0.494 e. The lowest BCUT2D eigenvalue weighted by atomic mass is 10.1. The van der Waals surface area contributed by atoms with Crippen LogP contribution < -0.4 is 15.8 Å². The van der Waals surface area contributed by atoms with Crippen LogP contribution in [-0.2, 0) is 11.2 Å². The van der Waals surface area contributed by atoms with Gasteiger partial charge in [-0.2, -0.15) is 0 Å². The summed E-state index contributed by atoms with van der Waals surface area (Å²) in [4.78, 5) is 11.2. The highest BCUT2D eigenvalue weighted by Gasteiger charge is 2.07. The first-order chi connectivity index (χ1) is 8.04. The van der Waals surface area contributed by atoms with E-state index in [2.05, 4.69) is 5.32 Å². The molecule has 0 bridgehead atoms. The second-order valence-corrected chi connectivity index (χ2v) is 3.80. The first kappa shape index (κ1) is 16.7. The molecule has 0 spiro atoms. The smallest absolute Gasteiger partial charge is 0.236 e. The normalized spacial score (nSPS) is 11.3. The maximum Gasteiger partial charge on any atom is 0.236 e. The fourth-order valence-electron chi connectivity index (χ4n) is 1.36. The van der Waals surface area contributed by atoms with Crippen molar-refractivity contribution in [3.05, 3.63) is 29.6 Å². The lowest BCUT2D eigenvalue weighted by molar-refractivity contribution is -0.121. The topological polar surface area (TPSA) is 64.3 Å². The Kier molecular flexibility index (Phi) is 7.31. The zero-order valence-electron chi connectivity index (χ0n) is 10.4. The second-order valence-electron chi connectivity index (χ2n) is 3.80. The van der Waals surface area contributed by atoms with Crippen molar-refractivity contribution in [3.63, 3.8) is 0 Å². The molecular weight excluding hydrogens is 259 g/mol. The lowest BCUT2D eigenvalue weighted by Gasteiger charge is -2.08. The number of ether oxygens (including phenoxy) is 1. The Hall–Kier alpha value is -1.33. The van der Waals surface area contributed by atoms with Crippen molar-refractivity contribution in [2.24, 2.45) is 5.73 Å². The number of benzene rings is 1. The van der Waals surface area contributed by atoms with E-state index in [-0.39, 0.29) is 24.1 Å². The summed E-state index contributed by atoms with van der Waals surface area (Å²) in [5.74, 6) is -0.393. The highest BCUT2D eigenvalue weighted by atomic mass is 35.5. The number of hydrogen-bond acceptors (Lipinski definition) is 3. The number of amides is 1. The van der Waals surface area contributed by atoms with Gasteiger partial charge >= 0.3 is 0 Å². The van der Waals surface area contributed by atoms with Gasteiger partial charge < -0.3 is 15.8 Å². The number of methoxy groups -OCH3 is 1. The number of rotatable bonds is 5. The molecule has 0 saturated carbocycles. The van der Waals surface area contributed by atoms with Crippen LogP contribution in [0, 0.1) is 5.82 Å². The van der Waals surface area contributed by atoms with Crippen molar-refractivity contribution >= 4 is 18.3 Å². The van der Waals surface area contributed by atoms with Crippen LogP contribution in [0.1, 0.15) is 12.5 Å². The number of hydrogen-bond donors (Lipinski definition) is 2. The van der Waals surface area contributed by atoms with Crippen LogP contribution in [-0.4, -0.2) is 25.6 Å². The molecule has 102 valence electrons. The molecule has 3 N–H and O–H groups in total. The zero-order valence-corrected chi connectivity index (χ0v) is 11.2.